The summed E-state index contributed by atoms with van der Waals surface area (Å²) in [7, 11) is -1.23. The van der Waals surface area contributed by atoms with Crippen molar-refractivity contribution in [3.8, 4) is 33.6 Å². The van der Waals surface area contributed by atoms with Gasteiger partial charge in [0.15, 0.2) is 0 Å². The fourth-order valence-electron chi connectivity index (χ4n) is 5.90. The summed E-state index contributed by atoms with van der Waals surface area (Å²) >= 11 is -0.0665. The van der Waals surface area contributed by atoms with Gasteiger partial charge >= 0.3 is 161 Å². The summed E-state index contributed by atoms with van der Waals surface area (Å²) in [6.45, 7) is 12.8. The summed E-state index contributed by atoms with van der Waals surface area (Å²) in [6, 6.07) is 42.5. The van der Waals surface area contributed by atoms with E-state index in [1.54, 1.807) is 23.6 Å². The molecule has 0 aliphatic rings. The monoisotopic (exact) mass is 945 g/mol. The SMILES string of the molecule is C[Si](C)(C)c1ccc(-c2[c-]cccc2)nc1.[2H]C([2H])(c1ccnc(-c2[c-]ccc3c2sc2cc(-c4cc[c]([Ge]([CH3])([CH3])[CH3])cc4)ccc23)c1)C(C)(C)C.[Ir]. The first-order valence-corrected chi connectivity index (χ1v) is 29.0. The molecule has 0 spiro atoms. The first-order valence-electron chi connectivity index (χ1n) is 18.3. The molecule has 0 atom stereocenters. The molecular formula is C45H48GeIrN2SSi-2. The number of hydrogen-bond acceptors (Lipinski definition) is 3. The van der Waals surface area contributed by atoms with Gasteiger partial charge in [0.2, 0.25) is 0 Å². The number of benzene rings is 4. The minimum Gasteiger partial charge on any atom is -0.0599 e. The Balaban J connectivity index is 0.000000267. The van der Waals surface area contributed by atoms with Crippen LogP contribution in [-0.2, 0) is 26.5 Å². The van der Waals surface area contributed by atoms with E-state index in [0.29, 0.717) is 5.56 Å². The molecule has 7 rings (SSSR count). The zero-order valence-electron chi connectivity index (χ0n) is 33.1. The molecule has 4 aromatic carbocycles. The van der Waals surface area contributed by atoms with Crippen LogP contribution >= 0.6 is 11.3 Å². The van der Waals surface area contributed by atoms with Crippen molar-refractivity contribution < 1.29 is 22.8 Å². The zero-order valence-corrected chi connectivity index (χ0v) is 37.4. The molecule has 3 aromatic heterocycles. The van der Waals surface area contributed by atoms with Crippen molar-refractivity contribution in [3.63, 3.8) is 0 Å². The molecule has 2 nitrogen and oxygen atoms in total. The molecule has 0 N–H and O–H groups in total. The van der Waals surface area contributed by atoms with Crippen molar-refractivity contribution in [2.24, 2.45) is 5.41 Å². The Labute approximate surface area is 329 Å². The second-order valence-corrected chi connectivity index (χ2v) is 32.8. The van der Waals surface area contributed by atoms with Crippen molar-refractivity contribution in [1.82, 2.24) is 9.97 Å². The van der Waals surface area contributed by atoms with Gasteiger partial charge in [0.1, 0.15) is 0 Å². The Morgan fingerprint density at radius 3 is 2.14 bits per heavy atom. The van der Waals surface area contributed by atoms with Gasteiger partial charge in [-0.1, -0.05) is 58.1 Å². The van der Waals surface area contributed by atoms with Crippen LogP contribution in [0.3, 0.4) is 0 Å². The quantitative estimate of drug-likeness (QED) is 0.123. The van der Waals surface area contributed by atoms with Gasteiger partial charge in [-0.3, -0.25) is 0 Å². The molecule has 1 radical (unpaired) electrons. The molecule has 0 saturated heterocycles. The molecule has 51 heavy (non-hydrogen) atoms. The summed E-state index contributed by atoms with van der Waals surface area (Å²) in [6.07, 6.45) is 2.26. The number of pyridine rings is 2. The summed E-state index contributed by atoms with van der Waals surface area (Å²) in [4.78, 5) is 9.15. The summed E-state index contributed by atoms with van der Waals surface area (Å²) in [5.74, 6) is 7.28. The Morgan fingerprint density at radius 2 is 1.51 bits per heavy atom. The first-order chi connectivity index (χ1) is 24.4. The molecule has 0 aliphatic heterocycles. The van der Waals surface area contributed by atoms with Crippen LogP contribution in [0, 0.1) is 17.5 Å². The van der Waals surface area contributed by atoms with Crippen molar-refractivity contribution >= 4 is 62.4 Å². The fourth-order valence-corrected chi connectivity index (χ4v) is 10.6. The van der Waals surface area contributed by atoms with Gasteiger partial charge in [0, 0.05) is 35.2 Å². The third kappa shape index (κ3) is 9.63. The topological polar surface area (TPSA) is 25.8 Å². The molecule has 0 fully saturated rings. The van der Waals surface area contributed by atoms with E-state index in [9.17, 15) is 0 Å². The van der Waals surface area contributed by atoms with Gasteiger partial charge in [0.25, 0.3) is 0 Å². The van der Waals surface area contributed by atoms with E-state index in [4.69, 9.17) is 2.74 Å². The van der Waals surface area contributed by atoms with Crippen LogP contribution in [0.1, 0.15) is 29.1 Å². The third-order valence-corrected chi connectivity index (χ3v) is 16.2. The van der Waals surface area contributed by atoms with Gasteiger partial charge in [-0.05, 0) is 28.7 Å². The third-order valence-electron chi connectivity index (χ3n) is 8.67. The molecule has 0 amide bonds. The number of hydrogen-bond donors (Lipinski definition) is 0. The predicted molar refractivity (Wildman–Crippen MR) is 224 cm³/mol. The van der Waals surface area contributed by atoms with Crippen LogP contribution in [0.5, 0.6) is 0 Å². The van der Waals surface area contributed by atoms with Crippen LogP contribution in [0.4, 0.5) is 0 Å². The van der Waals surface area contributed by atoms with Crippen LogP contribution in [0.15, 0.2) is 116 Å². The van der Waals surface area contributed by atoms with Gasteiger partial charge in [-0.2, -0.15) is 0 Å². The fraction of sp³-hybridized carbons (Fsp3) is 0.244. The van der Waals surface area contributed by atoms with Gasteiger partial charge in [-0.15, -0.1) is 35.9 Å². The smallest absolute Gasteiger partial charge is 0.0599 e. The first kappa shape index (κ1) is 36.2. The number of thiophene rings is 1. The number of rotatable bonds is 6. The van der Waals surface area contributed by atoms with Crippen LogP contribution < -0.4 is 9.58 Å². The van der Waals surface area contributed by atoms with E-state index >= 15 is 0 Å². The number of nitrogens with zero attached hydrogens (tertiary/aromatic N) is 2. The van der Waals surface area contributed by atoms with Gasteiger partial charge in [-0.25, -0.2) is 0 Å². The second-order valence-electron chi connectivity index (χ2n) is 16.0. The minimum atomic E-state index is -1.83. The van der Waals surface area contributed by atoms with Crippen LogP contribution in [0.2, 0.25) is 36.9 Å². The van der Waals surface area contributed by atoms with E-state index < -0.39 is 33.1 Å². The average molecular weight is 944 g/mol. The molecule has 0 unspecified atom stereocenters. The average Bonchev–Trinajstić information content (AvgIpc) is 3.49. The number of aromatic nitrogens is 2. The van der Waals surface area contributed by atoms with Crippen molar-refractivity contribution in [3.05, 3.63) is 133 Å². The van der Waals surface area contributed by atoms with Gasteiger partial charge in [0.05, 0.1) is 8.07 Å². The summed E-state index contributed by atoms with van der Waals surface area (Å²) < 4.78 is 21.3. The number of fused-ring (bicyclic) bond motifs is 3. The molecule has 3 heterocycles. The standard InChI is InChI=1S/C31H32GeNS.C14H16NSi.Ir/c1-31(2,3)20-21-16-17-33-28(18-21)27-9-7-8-26-25-15-12-23(19-29(25)34-30(26)27)22-10-13-24(14-11-22)32(4,5)6;1-16(2,3)13-9-10-14(15-11-13)12-7-5-4-6-8-12;/h7-8,10-19H,20H2,1-6H3;4-7,9-11H,1-3H3;/q2*-1;/i20D2;;. The Hall–Kier alpha value is -3.19. The molecule has 0 aliphatic carbocycles. The summed E-state index contributed by atoms with van der Waals surface area (Å²) in [5.41, 5.74) is 6.36. The normalized spacial score (nSPS) is 12.8. The van der Waals surface area contributed by atoms with Crippen LogP contribution in [-0.4, -0.2) is 31.3 Å². The van der Waals surface area contributed by atoms with E-state index in [2.05, 4.69) is 120 Å². The van der Waals surface area contributed by atoms with E-state index in [1.807, 2.05) is 63.4 Å². The molecule has 0 bridgehead atoms. The van der Waals surface area contributed by atoms with Crippen molar-refractivity contribution in [2.45, 2.75) is 64.1 Å². The maximum absolute atomic E-state index is 8.72. The van der Waals surface area contributed by atoms with Crippen LogP contribution in [0.25, 0.3) is 53.8 Å². The molecule has 6 heteroatoms. The van der Waals surface area contributed by atoms with E-state index in [-0.39, 0.29) is 20.1 Å². The summed E-state index contributed by atoms with van der Waals surface area (Å²) in [5, 5.41) is 3.82. The second kappa shape index (κ2) is 15.8. The minimum absolute atomic E-state index is 0. The Bertz CT molecular complexity index is 2320. The van der Waals surface area contributed by atoms with Gasteiger partial charge < -0.3 is 4.98 Å². The van der Waals surface area contributed by atoms with E-state index in [0.717, 1.165) is 27.2 Å². The van der Waals surface area contributed by atoms with Crippen molar-refractivity contribution in [1.29, 1.82) is 0 Å². The molecule has 263 valence electrons. The molecule has 7 aromatic rings. The van der Waals surface area contributed by atoms with Crippen molar-refractivity contribution in [2.75, 3.05) is 0 Å². The zero-order chi connectivity index (χ0) is 37.5. The Morgan fingerprint density at radius 1 is 0.765 bits per heavy atom. The predicted octanol–water partition coefficient (Wildman–Crippen LogP) is 11.8. The van der Waals surface area contributed by atoms with E-state index in [1.165, 1.54) is 36.2 Å². The molecular weight excluding hydrogens is 893 g/mol. The Kier molecular flexibility index (Phi) is 11.2. The maximum atomic E-state index is 8.72. The molecule has 0 saturated carbocycles.